The number of aryl methyl sites for hydroxylation is 2. The van der Waals surface area contributed by atoms with E-state index in [-0.39, 0.29) is 5.04 Å². The van der Waals surface area contributed by atoms with Crippen LogP contribution < -0.4 is 5.19 Å². The molecule has 0 heterocycles. The monoisotopic (exact) mass is 240 g/mol. The normalized spacial score (nSPS) is 16.2. The molecule has 0 bridgehead atoms. The van der Waals surface area contributed by atoms with Gasteiger partial charge in [0.1, 0.15) is 0 Å². The van der Waals surface area contributed by atoms with E-state index in [1.54, 1.807) is 0 Å². The van der Waals surface area contributed by atoms with Crippen LogP contribution in [0, 0.1) is 13.8 Å². The fourth-order valence-electron chi connectivity index (χ4n) is 1.68. The summed E-state index contributed by atoms with van der Waals surface area (Å²) in [5, 5.41) is 1.54. The molecule has 1 aromatic carbocycles. The maximum atomic E-state index is 6.82. The molecule has 0 radical (unpaired) electrons. The molecule has 2 heteroatoms. The lowest BCUT2D eigenvalue weighted by atomic mass is 10.2. The van der Waals surface area contributed by atoms with Crippen molar-refractivity contribution in [1.29, 1.82) is 0 Å². The molecule has 1 rings (SSSR count). The van der Waals surface area contributed by atoms with Crippen molar-refractivity contribution < 1.29 is 0 Å². The molecule has 0 saturated carbocycles. The van der Waals surface area contributed by atoms with Crippen molar-refractivity contribution in [2.45, 2.75) is 46.2 Å². The zero-order valence-corrected chi connectivity index (χ0v) is 12.4. The van der Waals surface area contributed by atoms with Crippen molar-refractivity contribution in [3.05, 3.63) is 29.3 Å². The fourth-order valence-corrected chi connectivity index (χ4v) is 3.87. The van der Waals surface area contributed by atoms with Crippen molar-refractivity contribution in [2.75, 3.05) is 0 Å². The van der Waals surface area contributed by atoms with E-state index in [2.05, 4.69) is 59.4 Å². The summed E-state index contributed by atoms with van der Waals surface area (Å²) >= 11 is 6.82. The second-order valence-corrected chi connectivity index (χ2v) is 12.0. The van der Waals surface area contributed by atoms with Crippen LogP contribution in [-0.2, 0) is 0 Å². The van der Waals surface area contributed by atoms with Crippen LogP contribution in [0.4, 0.5) is 0 Å². The number of rotatable bonds is 1. The molecule has 1 unspecified atom stereocenters. The Kier molecular flexibility index (Phi) is 3.37. The minimum Gasteiger partial charge on any atom is -0.161 e. The van der Waals surface area contributed by atoms with Gasteiger partial charge >= 0.3 is 0 Å². The Labute approximate surface area is 99.4 Å². The average Bonchev–Trinajstić information content (AvgIpc) is 1.99. The molecule has 0 fully saturated rings. The summed E-state index contributed by atoms with van der Waals surface area (Å²) in [6.07, 6.45) is 0. The second-order valence-electron chi connectivity index (χ2n) is 5.63. The van der Waals surface area contributed by atoms with E-state index in [0.29, 0.717) is 0 Å². The zero-order valence-electron chi connectivity index (χ0n) is 10.6. The van der Waals surface area contributed by atoms with E-state index < -0.39 is 7.38 Å². The highest BCUT2D eigenvalue weighted by Crippen LogP contribution is 2.38. The van der Waals surface area contributed by atoms with Crippen LogP contribution >= 0.6 is 11.1 Å². The Balaban J connectivity index is 3.27. The lowest BCUT2D eigenvalue weighted by Crippen LogP contribution is -2.47. The van der Waals surface area contributed by atoms with E-state index in [0.717, 1.165) is 0 Å². The number of benzene rings is 1. The van der Waals surface area contributed by atoms with Gasteiger partial charge in [-0.2, -0.15) is 11.1 Å². The van der Waals surface area contributed by atoms with Crippen molar-refractivity contribution in [1.82, 2.24) is 0 Å². The SMILES string of the molecule is Cc1cc(C)cc([Si](C)(Cl)C(C)(C)C)c1. The minimum absolute atomic E-state index is 0.189. The molecule has 0 saturated heterocycles. The summed E-state index contributed by atoms with van der Waals surface area (Å²) in [7, 11) is -1.87. The molecule has 0 aliphatic rings. The minimum atomic E-state index is -1.87. The highest BCUT2D eigenvalue weighted by Gasteiger charge is 2.40. The van der Waals surface area contributed by atoms with Crippen LogP contribution in [0.1, 0.15) is 31.9 Å². The van der Waals surface area contributed by atoms with Crippen LogP contribution in [0.15, 0.2) is 18.2 Å². The third-order valence-corrected chi connectivity index (χ3v) is 9.72. The summed E-state index contributed by atoms with van der Waals surface area (Å²) < 4.78 is 0. The van der Waals surface area contributed by atoms with Crippen molar-refractivity contribution in [2.24, 2.45) is 0 Å². The zero-order chi connectivity index (χ0) is 11.9. The predicted molar refractivity (Wildman–Crippen MR) is 72.7 cm³/mol. The Bertz CT molecular complexity index is 341. The highest BCUT2D eigenvalue weighted by molar-refractivity contribution is 7.28. The maximum absolute atomic E-state index is 6.82. The van der Waals surface area contributed by atoms with Crippen molar-refractivity contribution >= 4 is 23.6 Å². The van der Waals surface area contributed by atoms with E-state index in [1.807, 2.05) is 0 Å². The maximum Gasteiger partial charge on any atom is 0.189 e. The second kappa shape index (κ2) is 3.95. The van der Waals surface area contributed by atoms with Crippen LogP contribution in [0.25, 0.3) is 0 Å². The summed E-state index contributed by atoms with van der Waals surface area (Å²) in [4.78, 5) is 0. The summed E-state index contributed by atoms with van der Waals surface area (Å²) in [6, 6.07) is 6.70. The van der Waals surface area contributed by atoms with Crippen LogP contribution in [0.5, 0.6) is 0 Å². The Hall–Kier alpha value is -0.273. The molecule has 0 aliphatic heterocycles. The van der Waals surface area contributed by atoms with Crippen molar-refractivity contribution in [3.63, 3.8) is 0 Å². The standard InChI is InChI=1S/C13H21ClSi/c1-10-7-11(2)9-12(8-10)15(6,14)13(3,4)5/h7-9H,1-6H3. The van der Waals surface area contributed by atoms with E-state index >= 15 is 0 Å². The number of hydrogen-bond acceptors (Lipinski definition) is 0. The molecule has 84 valence electrons. The smallest absolute Gasteiger partial charge is 0.161 e. The lowest BCUT2D eigenvalue weighted by Gasteiger charge is -2.34. The quantitative estimate of drug-likeness (QED) is 0.512. The predicted octanol–water partition coefficient (Wildman–Crippen LogP) is 4.12. The first-order valence-corrected chi connectivity index (χ1v) is 8.93. The van der Waals surface area contributed by atoms with Crippen LogP contribution in [0.3, 0.4) is 0 Å². The van der Waals surface area contributed by atoms with Gasteiger partial charge in [0.25, 0.3) is 0 Å². The molecule has 1 atom stereocenters. The average molecular weight is 241 g/mol. The first-order chi connectivity index (χ1) is 6.64. The van der Waals surface area contributed by atoms with Crippen LogP contribution in [0.2, 0.25) is 11.6 Å². The van der Waals surface area contributed by atoms with Gasteiger partial charge in [-0.15, -0.1) is 0 Å². The van der Waals surface area contributed by atoms with E-state index in [4.69, 9.17) is 11.1 Å². The third-order valence-electron chi connectivity index (χ3n) is 3.17. The Morgan fingerprint density at radius 2 is 1.40 bits per heavy atom. The van der Waals surface area contributed by atoms with Gasteiger partial charge in [-0.1, -0.05) is 56.6 Å². The topological polar surface area (TPSA) is 0 Å². The third kappa shape index (κ3) is 2.64. The summed E-state index contributed by atoms with van der Waals surface area (Å²) in [5.41, 5.74) is 2.63. The first kappa shape index (κ1) is 12.8. The first-order valence-electron chi connectivity index (χ1n) is 5.42. The molecule has 1 aromatic rings. The number of halogens is 1. The fraction of sp³-hybridized carbons (Fsp3) is 0.538. The van der Waals surface area contributed by atoms with Gasteiger partial charge in [0.15, 0.2) is 7.38 Å². The Morgan fingerprint density at radius 3 is 1.73 bits per heavy atom. The van der Waals surface area contributed by atoms with Crippen LogP contribution in [-0.4, -0.2) is 7.38 Å². The lowest BCUT2D eigenvalue weighted by molar-refractivity contribution is 0.740. The molecular formula is C13H21ClSi. The van der Waals surface area contributed by atoms with Gasteiger partial charge in [0.05, 0.1) is 0 Å². The van der Waals surface area contributed by atoms with E-state index in [9.17, 15) is 0 Å². The molecule has 0 amide bonds. The molecule has 0 aliphatic carbocycles. The van der Waals surface area contributed by atoms with Gasteiger partial charge in [-0.3, -0.25) is 0 Å². The molecule has 15 heavy (non-hydrogen) atoms. The van der Waals surface area contributed by atoms with Gasteiger partial charge in [-0.25, -0.2) is 0 Å². The molecule has 0 spiro atoms. The van der Waals surface area contributed by atoms with E-state index in [1.165, 1.54) is 16.3 Å². The van der Waals surface area contributed by atoms with Gasteiger partial charge in [0.2, 0.25) is 0 Å². The summed E-state index contributed by atoms with van der Waals surface area (Å²) in [6.45, 7) is 13.2. The van der Waals surface area contributed by atoms with Gasteiger partial charge in [0, 0.05) is 0 Å². The molecular weight excluding hydrogens is 220 g/mol. The summed E-state index contributed by atoms with van der Waals surface area (Å²) in [5.74, 6) is 0. The molecule has 0 N–H and O–H groups in total. The molecule has 0 nitrogen and oxygen atoms in total. The largest absolute Gasteiger partial charge is 0.189 e. The van der Waals surface area contributed by atoms with Crippen molar-refractivity contribution in [3.8, 4) is 0 Å². The molecule has 0 aromatic heterocycles. The van der Waals surface area contributed by atoms with Gasteiger partial charge in [-0.05, 0) is 24.1 Å². The van der Waals surface area contributed by atoms with Gasteiger partial charge < -0.3 is 0 Å². The Morgan fingerprint density at radius 1 is 1.00 bits per heavy atom. The number of hydrogen-bond donors (Lipinski definition) is 0. The highest BCUT2D eigenvalue weighted by atomic mass is 35.6.